The van der Waals surface area contributed by atoms with Crippen molar-refractivity contribution in [1.29, 1.82) is 0 Å². The van der Waals surface area contributed by atoms with Gasteiger partial charge in [-0.2, -0.15) is 0 Å². The van der Waals surface area contributed by atoms with Gasteiger partial charge in [-0.1, -0.05) is 199 Å². The van der Waals surface area contributed by atoms with E-state index in [1.807, 2.05) is 6.08 Å². The number of hydrogen-bond donors (Lipinski definition) is 9. The van der Waals surface area contributed by atoms with Gasteiger partial charge >= 0.3 is 0 Å². The zero-order valence-corrected chi connectivity index (χ0v) is 41.9. The molecule has 0 radical (unpaired) electrons. The van der Waals surface area contributed by atoms with E-state index in [0.29, 0.717) is 12.8 Å². The Labute approximate surface area is 405 Å². The molecule has 12 unspecified atom stereocenters. The van der Waals surface area contributed by atoms with E-state index in [1.54, 1.807) is 6.08 Å². The van der Waals surface area contributed by atoms with Crippen molar-refractivity contribution in [3.05, 3.63) is 24.3 Å². The summed E-state index contributed by atoms with van der Waals surface area (Å²) in [5, 5.41) is 86.3. The van der Waals surface area contributed by atoms with Gasteiger partial charge in [0.15, 0.2) is 12.6 Å². The molecule has 12 atom stereocenters. The number of hydrogen-bond acceptors (Lipinski definition) is 13. The summed E-state index contributed by atoms with van der Waals surface area (Å²) in [6, 6.07) is -0.924. The molecule has 0 aromatic carbocycles. The smallest absolute Gasteiger partial charge is 0.220 e. The third kappa shape index (κ3) is 27.0. The first-order chi connectivity index (χ1) is 32.6. The van der Waals surface area contributed by atoms with E-state index in [-0.39, 0.29) is 18.9 Å². The lowest BCUT2D eigenvalue weighted by Crippen LogP contribution is -2.65. The van der Waals surface area contributed by atoms with Crippen LogP contribution in [0.2, 0.25) is 0 Å². The van der Waals surface area contributed by atoms with Crippen LogP contribution in [-0.4, -0.2) is 140 Å². The summed E-state index contributed by atoms with van der Waals surface area (Å²) in [7, 11) is 0. The Bertz CT molecular complexity index is 1220. The van der Waals surface area contributed by atoms with Crippen molar-refractivity contribution in [3.63, 3.8) is 0 Å². The minimum Gasteiger partial charge on any atom is -0.394 e. The van der Waals surface area contributed by atoms with Gasteiger partial charge < -0.3 is 65.1 Å². The highest BCUT2D eigenvalue weighted by Crippen LogP contribution is 2.30. The minimum absolute atomic E-state index is 0.262. The Morgan fingerprint density at radius 1 is 0.522 bits per heavy atom. The molecule has 67 heavy (non-hydrogen) atoms. The molecule has 0 aromatic rings. The lowest BCUT2D eigenvalue weighted by Gasteiger charge is -2.46. The SMILES string of the molecule is CCCCCCCCCCCCCCCCCCCCCCCC/C=C/CC/C=C/C(O)C(COC1OC(CO)C(OC2OC(CO)C(O)C(O)C2O)C(O)C1O)NC(=O)CCCCCCC. The molecule has 0 aliphatic carbocycles. The maximum atomic E-state index is 12.9. The van der Waals surface area contributed by atoms with Crippen LogP contribution in [-0.2, 0) is 23.7 Å². The van der Waals surface area contributed by atoms with E-state index in [0.717, 1.165) is 38.5 Å². The molecule has 2 aliphatic rings. The number of carbonyl (C=O) groups excluding carboxylic acids is 1. The number of ether oxygens (including phenoxy) is 4. The number of nitrogens with one attached hydrogen (secondary N) is 1. The van der Waals surface area contributed by atoms with Crippen LogP contribution in [0.5, 0.6) is 0 Å². The van der Waals surface area contributed by atoms with E-state index in [9.17, 15) is 45.6 Å². The van der Waals surface area contributed by atoms with E-state index in [4.69, 9.17) is 18.9 Å². The van der Waals surface area contributed by atoms with Crippen LogP contribution in [0.15, 0.2) is 24.3 Å². The van der Waals surface area contributed by atoms with Crippen LogP contribution in [0.25, 0.3) is 0 Å². The maximum Gasteiger partial charge on any atom is 0.220 e. The fourth-order valence-electron chi connectivity index (χ4n) is 8.95. The maximum absolute atomic E-state index is 12.9. The van der Waals surface area contributed by atoms with Crippen molar-refractivity contribution in [1.82, 2.24) is 5.32 Å². The molecule has 2 saturated heterocycles. The van der Waals surface area contributed by atoms with Crippen molar-refractivity contribution < 1.29 is 64.6 Å². The molecule has 2 rings (SSSR count). The topological polar surface area (TPSA) is 228 Å². The Kier molecular flexibility index (Phi) is 36.9. The highest BCUT2D eigenvalue weighted by molar-refractivity contribution is 5.76. The highest BCUT2D eigenvalue weighted by atomic mass is 16.7. The molecular formula is C53H99NO13. The molecule has 2 fully saturated rings. The zero-order chi connectivity index (χ0) is 48.9. The van der Waals surface area contributed by atoms with Crippen LogP contribution in [0, 0.1) is 0 Å². The summed E-state index contributed by atoms with van der Waals surface area (Å²) >= 11 is 0. The number of carbonyl (C=O) groups is 1. The fraction of sp³-hybridized carbons (Fsp3) is 0.906. The molecule has 9 N–H and O–H groups in total. The molecule has 14 nitrogen and oxygen atoms in total. The number of aliphatic hydroxyl groups excluding tert-OH is 8. The van der Waals surface area contributed by atoms with Gasteiger partial charge in [0.1, 0.15) is 48.8 Å². The normalized spacial score (nSPS) is 26.7. The van der Waals surface area contributed by atoms with Gasteiger partial charge in [-0.05, 0) is 32.1 Å². The number of aliphatic hydroxyl groups is 8. The van der Waals surface area contributed by atoms with Gasteiger partial charge in [0.25, 0.3) is 0 Å². The van der Waals surface area contributed by atoms with E-state index >= 15 is 0 Å². The van der Waals surface area contributed by atoms with Crippen molar-refractivity contribution in [2.75, 3.05) is 19.8 Å². The van der Waals surface area contributed by atoms with Gasteiger partial charge in [0, 0.05) is 6.42 Å². The molecule has 0 spiro atoms. The minimum atomic E-state index is -1.79. The van der Waals surface area contributed by atoms with Gasteiger partial charge in [-0.3, -0.25) is 4.79 Å². The predicted molar refractivity (Wildman–Crippen MR) is 263 cm³/mol. The predicted octanol–water partition coefficient (Wildman–Crippen LogP) is 7.72. The Morgan fingerprint density at radius 3 is 1.46 bits per heavy atom. The van der Waals surface area contributed by atoms with Gasteiger partial charge in [-0.15, -0.1) is 0 Å². The van der Waals surface area contributed by atoms with Gasteiger partial charge in [0.2, 0.25) is 5.91 Å². The summed E-state index contributed by atoms with van der Waals surface area (Å²) in [6.45, 7) is 2.67. The first kappa shape index (κ1) is 61.6. The van der Waals surface area contributed by atoms with Crippen LogP contribution in [0.1, 0.15) is 213 Å². The number of rotatable bonds is 42. The van der Waals surface area contributed by atoms with Crippen LogP contribution >= 0.6 is 0 Å². The largest absolute Gasteiger partial charge is 0.394 e. The van der Waals surface area contributed by atoms with Crippen LogP contribution in [0.3, 0.4) is 0 Å². The first-order valence-corrected chi connectivity index (χ1v) is 27.1. The average molecular weight is 958 g/mol. The highest BCUT2D eigenvalue weighted by Gasteiger charge is 2.51. The number of unbranched alkanes of at least 4 members (excludes halogenated alkanes) is 27. The second kappa shape index (κ2) is 40.1. The van der Waals surface area contributed by atoms with Crippen molar-refractivity contribution in [2.24, 2.45) is 0 Å². The molecular weight excluding hydrogens is 859 g/mol. The zero-order valence-electron chi connectivity index (χ0n) is 41.9. The van der Waals surface area contributed by atoms with Crippen molar-refractivity contribution in [3.8, 4) is 0 Å². The first-order valence-electron chi connectivity index (χ1n) is 27.1. The summed E-state index contributed by atoms with van der Waals surface area (Å²) in [6.07, 6.45) is 28.8. The molecule has 1 amide bonds. The second-order valence-electron chi connectivity index (χ2n) is 19.4. The molecule has 14 heteroatoms. The molecule has 0 bridgehead atoms. The summed E-state index contributed by atoms with van der Waals surface area (Å²) in [4.78, 5) is 12.9. The lowest BCUT2D eigenvalue weighted by molar-refractivity contribution is -0.359. The fourth-order valence-corrected chi connectivity index (χ4v) is 8.95. The van der Waals surface area contributed by atoms with Gasteiger partial charge in [-0.25, -0.2) is 0 Å². The lowest BCUT2D eigenvalue weighted by atomic mass is 9.97. The second-order valence-corrected chi connectivity index (χ2v) is 19.4. The van der Waals surface area contributed by atoms with Crippen LogP contribution < -0.4 is 5.32 Å². The van der Waals surface area contributed by atoms with Crippen molar-refractivity contribution >= 4 is 5.91 Å². The number of allylic oxidation sites excluding steroid dienone is 3. The summed E-state index contributed by atoms with van der Waals surface area (Å²) < 4.78 is 22.6. The standard InChI is InChI=1S/C53H99NO13/c1-3-5-7-9-10-11-12-13-14-15-16-17-18-19-20-21-22-23-24-25-26-27-28-29-30-31-33-34-36-42(57)41(54-45(58)37-35-32-8-6-4-2)40-64-52-50(63)48(61)51(44(39-56)66-52)67-53-49(62)47(60)46(59)43(38-55)65-53/h29-30,34,36,41-44,46-53,55-57,59-63H,3-28,31-33,35,37-40H2,1-2H3,(H,54,58)/b30-29+,36-34+. The quantitative estimate of drug-likeness (QED) is 0.0211. The molecule has 394 valence electrons. The average Bonchev–Trinajstić information content (AvgIpc) is 3.32. The Hall–Kier alpha value is -1.53. The molecule has 2 heterocycles. The Balaban J connectivity index is 1.66. The van der Waals surface area contributed by atoms with E-state index in [1.165, 1.54) is 141 Å². The molecule has 2 aliphatic heterocycles. The third-order valence-corrected chi connectivity index (χ3v) is 13.4. The molecule has 0 aromatic heterocycles. The summed E-state index contributed by atoms with van der Waals surface area (Å²) in [5.74, 6) is -0.262. The number of amides is 1. The van der Waals surface area contributed by atoms with Gasteiger partial charge in [0.05, 0.1) is 32.0 Å². The summed E-state index contributed by atoms with van der Waals surface area (Å²) in [5.41, 5.74) is 0. The third-order valence-electron chi connectivity index (χ3n) is 13.4. The Morgan fingerprint density at radius 2 is 0.955 bits per heavy atom. The van der Waals surface area contributed by atoms with E-state index in [2.05, 4.69) is 31.3 Å². The van der Waals surface area contributed by atoms with Crippen molar-refractivity contribution in [2.45, 2.75) is 286 Å². The monoisotopic (exact) mass is 958 g/mol. The van der Waals surface area contributed by atoms with Crippen LogP contribution in [0.4, 0.5) is 0 Å². The van der Waals surface area contributed by atoms with E-state index < -0.39 is 86.8 Å². The molecule has 0 saturated carbocycles.